The SMILES string of the molecule is CC(C)[C@@H](C)CC[C@@H](C)[C@@H]1CC[C@@H]2C3=CC[C@H]4CC=CC[C@@]4(C)[C@H]3CC[C@]21C. The summed E-state index contributed by atoms with van der Waals surface area (Å²) in [4.78, 5) is 0. The molecule has 0 heterocycles. The molecule has 0 aromatic heterocycles. The smallest absolute Gasteiger partial charge is 0.0140 e. The van der Waals surface area contributed by atoms with Crippen LogP contribution in [-0.4, -0.2) is 0 Å². The standard InChI is InChI=1S/C28H46/c1-19(2)20(3)10-11-21(4)24-14-15-25-23-13-12-22-9-7-8-17-27(22,5)26(23)16-18-28(24,25)6/h7-8,13,19-22,24-26H,9-12,14-18H2,1-6H3/t20-,21+,22+,24-,25+,26-,27+,28-/m0/s1. The van der Waals surface area contributed by atoms with Crippen molar-refractivity contribution in [2.45, 2.75) is 99.3 Å². The van der Waals surface area contributed by atoms with Gasteiger partial charge in [-0.2, -0.15) is 0 Å². The third-order valence-corrected chi connectivity index (χ3v) is 10.6. The highest BCUT2D eigenvalue weighted by atomic mass is 14.6. The topological polar surface area (TPSA) is 0 Å². The molecule has 4 aliphatic rings. The Bertz CT molecular complexity index is 624. The first-order chi connectivity index (χ1) is 13.3. The molecule has 0 unspecified atom stereocenters. The third-order valence-electron chi connectivity index (χ3n) is 10.6. The van der Waals surface area contributed by atoms with Crippen LogP contribution < -0.4 is 0 Å². The van der Waals surface area contributed by atoms with Gasteiger partial charge in [-0.25, -0.2) is 0 Å². The lowest BCUT2D eigenvalue weighted by Crippen LogP contribution is -2.47. The van der Waals surface area contributed by atoms with Gasteiger partial charge in [0.05, 0.1) is 0 Å². The molecule has 0 aromatic rings. The maximum atomic E-state index is 2.76. The molecular weight excluding hydrogens is 336 g/mol. The summed E-state index contributed by atoms with van der Waals surface area (Å²) in [5.41, 5.74) is 3.06. The van der Waals surface area contributed by atoms with Crippen molar-refractivity contribution in [2.24, 2.45) is 52.3 Å². The van der Waals surface area contributed by atoms with Gasteiger partial charge in [0.15, 0.2) is 0 Å². The minimum absolute atomic E-state index is 0.552. The Labute approximate surface area is 175 Å². The number of hydrogen-bond donors (Lipinski definition) is 0. The summed E-state index contributed by atoms with van der Waals surface area (Å²) in [6.07, 6.45) is 20.5. The predicted octanol–water partition coefficient (Wildman–Crippen LogP) is 8.44. The lowest BCUT2D eigenvalue weighted by molar-refractivity contribution is 0.0118. The predicted molar refractivity (Wildman–Crippen MR) is 122 cm³/mol. The second-order valence-electron chi connectivity index (χ2n) is 12.2. The second-order valence-corrected chi connectivity index (χ2v) is 12.2. The van der Waals surface area contributed by atoms with Crippen molar-refractivity contribution in [3.63, 3.8) is 0 Å². The minimum Gasteiger partial charge on any atom is -0.0882 e. The molecular formula is C28H46. The zero-order valence-corrected chi connectivity index (χ0v) is 19.6. The van der Waals surface area contributed by atoms with E-state index in [1.54, 1.807) is 0 Å². The van der Waals surface area contributed by atoms with E-state index in [9.17, 15) is 0 Å². The normalized spacial score (nSPS) is 44.5. The Morgan fingerprint density at radius 1 is 0.893 bits per heavy atom. The van der Waals surface area contributed by atoms with E-state index < -0.39 is 0 Å². The first-order valence-corrected chi connectivity index (χ1v) is 12.6. The van der Waals surface area contributed by atoms with Crippen LogP contribution in [-0.2, 0) is 0 Å². The van der Waals surface area contributed by atoms with E-state index in [2.05, 4.69) is 59.8 Å². The first kappa shape index (κ1) is 20.7. The number of hydrogen-bond acceptors (Lipinski definition) is 0. The third kappa shape index (κ3) is 3.26. The zero-order chi connectivity index (χ0) is 20.1. The Morgan fingerprint density at radius 3 is 2.39 bits per heavy atom. The molecule has 0 bridgehead atoms. The molecule has 0 spiro atoms. The molecule has 2 fully saturated rings. The van der Waals surface area contributed by atoms with Crippen LogP contribution in [0.5, 0.6) is 0 Å². The van der Waals surface area contributed by atoms with Crippen molar-refractivity contribution in [1.29, 1.82) is 0 Å². The maximum Gasteiger partial charge on any atom is -0.0140 e. The molecule has 0 aromatic carbocycles. The summed E-state index contributed by atoms with van der Waals surface area (Å²) in [6.45, 7) is 15.2. The molecule has 0 nitrogen and oxygen atoms in total. The first-order valence-electron chi connectivity index (χ1n) is 12.6. The van der Waals surface area contributed by atoms with Gasteiger partial charge in [-0.1, -0.05) is 78.2 Å². The van der Waals surface area contributed by atoms with Gasteiger partial charge in [0.1, 0.15) is 0 Å². The molecule has 0 N–H and O–H groups in total. The van der Waals surface area contributed by atoms with Crippen LogP contribution in [0.1, 0.15) is 99.3 Å². The Hall–Kier alpha value is -0.520. The minimum atomic E-state index is 0.552. The van der Waals surface area contributed by atoms with Gasteiger partial charge in [0.25, 0.3) is 0 Å². The quantitative estimate of drug-likeness (QED) is 0.418. The molecule has 28 heavy (non-hydrogen) atoms. The van der Waals surface area contributed by atoms with Crippen LogP contribution in [0.3, 0.4) is 0 Å². The van der Waals surface area contributed by atoms with E-state index in [0.717, 1.165) is 41.4 Å². The van der Waals surface area contributed by atoms with Crippen molar-refractivity contribution in [3.05, 3.63) is 23.8 Å². The highest BCUT2D eigenvalue weighted by Crippen LogP contribution is 2.66. The van der Waals surface area contributed by atoms with Crippen LogP contribution in [0, 0.1) is 52.3 Å². The van der Waals surface area contributed by atoms with Gasteiger partial charge in [-0.05, 0) is 97.2 Å². The number of fused-ring (bicyclic) bond motifs is 5. The van der Waals surface area contributed by atoms with Crippen molar-refractivity contribution in [3.8, 4) is 0 Å². The van der Waals surface area contributed by atoms with Crippen LogP contribution in [0.25, 0.3) is 0 Å². The highest BCUT2D eigenvalue weighted by Gasteiger charge is 2.57. The van der Waals surface area contributed by atoms with Gasteiger partial charge in [-0.15, -0.1) is 0 Å². The summed E-state index contributed by atoms with van der Waals surface area (Å²) in [7, 11) is 0. The van der Waals surface area contributed by atoms with E-state index in [1.165, 1.54) is 57.8 Å². The molecule has 0 aliphatic heterocycles. The fraction of sp³-hybridized carbons (Fsp3) is 0.857. The van der Waals surface area contributed by atoms with E-state index in [0.29, 0.717) is 10.8 Å². The fourth-order valence-electron chi connectivity index (χ4n) is 8.13. The Morgan fingerprint density at radius 2 is 1.64 bits per heavy atom. The molecule has 0 amide bonds. The van der Waals surface area contributed by atoms with Crippen LogP contribution >= 0.6 is 0 Å². The van der Waals surface area contributed by atoms with Gasteiger partial charge in [0.2, 0.25) is 0 Å². The molecule has 0 saturated heterocycles. The molecule has 4 rings (SSSR count). The van der Waals surface area contributed by atoms with E-state index >= 15 is 0 Å². The van der Waals surface area contributed by atoms with Crippen molar-refractivity contribution in [1.82, 2.24) is 0 Å². The van der Waals surface area contributed by atoms with Crippen LogP contribution in [0.4, 0.5) is 0 Å². The lowest BCUT2D eigenvalue weighted by Gasteiger charge is -2.56. The zero-order valence-electron chi connectivity index (χ0n) is 19.6. The van der Waals surface area contributed by atoms with Crippen molar-refractivity contribution < 1.29 is 0 Å². The second kappa shape index (κ2) is 7.63. The van der Waals surface area contributed by atoms with Crippen LogP contribution in [0.2, 0.25) is 0 Å². The number of rotatable bonds is 5. The van der Waals surface area contributed by atoms with E-state index in [-0.39, 0.29) is 0 Å². The van der Waals surface area contributed by atoms with Gasteiger partial charge >= 0.3 is 0 Å². The summed E-state index contributed by atoms with van der Waals surface area (Å²) >= 11 is 0. The van der Waals surface area contributed by atoms with Crippen molar-refractivity contribution in [2.75, 3.05) is 0 Å². The highest BCUT2D eigenvalue weighted by molar-refractivity contribution is 5.28. The van der Waals surface area contributed by atoms with Crippen molar-refractivity contribution >= 4 is 0 Å². The van der Waals surface area contributed by atoms with Crippen LogP contribution in [0.15, 0.2) is 23.8 Å². The Balaban J connectivity index is 1.50. The largest absolute Gasteiger partial charge is 0.0882 e. The van der Waals surface area contributed by atoms with Gasteiger partial charge in [0, 0.05) is 0 Å². The lowest BCUT2D eigenvalue weighted by atomic mass is 9.48. The van der Waals surface area contributed by atoms with E-state index in [1.807, 2.05) is 5.57 Å². The average Bonchev–Trinajstić information content (AvgIpc) is 3.02. The average molecular weight is 383 g/mol. The maximum absolute atomic E-state index is 2.76. The summed E-state index contributed by atoms with van der Waals surface area (Å²) < 4.78 is 0. The molecule has 158 valence electrons. The molecule has 4 aliphatic carbocycles. The molecule has 2 saturated carbocycles. The number of allylic oxidation sites excluding steroid dienone is 4. The summed E-state index contributed by atoms with van der Waals surface area (Å²) in [5, 5.41) is 0. The fourth-order valence-corrected chi connectivity index (χ4v) is 8.13. The van der Waals surface area contributed by atoms with Gasteiger partial charge < -0.3 is 0 Å². The van der Waals surface area contributed by atoms with Gasteiger partial charge in [-0.3, -0.25) is 0 Å². The van der Waals surface area contributed by atoms with E-state index in [4.69, 9.17) is 0 Å². The molecule has 0 heteroatoms. The monoisotopic (exact) mass is 382 g/mol. The summed E-state index contributed by atoms with van der Waals surface area (Å²) in [6, 6.07) is 0. The Kier molecular flexibility index (Phi) is 5.65. The molecule has 8 atom stereocenters. The molecule has 0 radical (unpaired) electrons. The summed E-state index contributed by atoms with van der Waals surface area (Å²) in [5.74, 6) is 6.24.